The molecule has 0 saturated carbocycles. The minimum Gasteiger partial charge on any atom is -0.268 e. The lowest BCUT2D eigenvalue weighted by atomic mass is 9.87. The molecule has 0 N–H and O–H groups in total. The van der Waals surface area contributed by atoms with Crippen LogP contribution in [0.4, 0.5) is 14.5 Å². The van der Waals surface area contributed by atoms with E-state index in [2.05, 4.69) is 5.10 Å². The van der Waals surface area contributed by atoms with Crippen LogP contribution in [-0.2, 0) is 11.2 Å². The number of hydrogen-bond donors (Lipinski definition) is 0. The zero-order valence-corrected chi connectivity index (χ0v) is 14.3. The molecular formula is C22H16F2N2O. The summed E-state index contributed by atoms with van der Waals surface area (Å²) in [6.07, 6.45) is -0.219. The fourth-order valence-electron chi connectivity index (χ4n) is 3.16. The van der Waals surface area contributed by atoms with Crippen LogP contribution in [0.2, 0.25) is 0 Å². The number of nitrogens with zero attached hydrogens (tertiary/aromatic N) is 2. The molecular weight excluding hydrogens is 346 g/mol. The Labute approximate surface area is 155 Å². The van der Waals surface area contributed by atoms with Gasteiger partial charge in [-0.15, -0.1) is 0 Å². The standard InChI is InChI=1S/C22H16F2N2O/c23-18-13-11-16(12-14-18)15-22(24)20(17-7-3-1-4-8-17)25-26(21(22)27)19-9-5-2-6-10-19/h1-14H,15H2. The van der Waals surface area contributed by atoms with Crippen molar-refractivity contribution in [2.75, 3.05) is 5.01 Å². The lowest BCUT2D eigenvalue weighted by Crippen LogP contribution is -2.44. The van der Waals surface area contributed by atoms with Crippen LogP contribution in [0, 0.1) is 5.82 Å². The molecule has 1 amide bonds. The van der Waals surface area contributed by atoms with Crippen molar-refractivity contribution in [3.63, 3.8) is 0 Å². The van der Waals surface area contributed by atoms with Crippen molar-refractivity contribution in [2.24, 2.45) is 5.10 Å². The van der Waals surface area contributed by atoms with Crippen LogP contribution in [0.5, 0.6) is 0 Å². The van der Waals surface area contributed by atoms with Gasteiger partial charge in [-0.25, -0.2) is 8.78 Å². The molecule has 1 unspecified atom stereocenters. The van der Waals surface area contributed by atoms with Crippen molar-refractivity contribution in [3.8, 4) is 0 Å². The van der Waals surface area contributed by atoms with E-state index in [9.17, 15) is 9.18 Å². The van der Waals surface area contributed by atoms with Crippen LogP contribution in [0.1, 0.15) is 11.1 Å². The van der Waals surface area contributed by atoms with E-state index in [4.69, 9.17) is 0 Å². The first-order valence-corrected chi connectivity index (χ1v) is 8.55. The normalized spacial score (nSPS) is 19.3. The van der Waals surface area contributed by atoms with E-state index in [1.807, 2.05) is 12.1 Å². The van der Waals surface area contributed by atoms with Crippen molar-refractivity contribution < 1.29 is 13.6 Å². The first kappa shape index (κ1) is 17.1. The molecule has 0 fully saturated rings. The minimum absolute atomic E-state index is 0.0567. The fraction of sp³-hybridized carbons (Fsp3) is 0.0909. The van der Waals surface area contributed by atoms with E-state index in [-0.39, 0.29) is 12.1 Å². The Hall–Kier alpha value is -3.34. The molecule has 1 heterocycles. The molecule has 3 aromatic rings. The van der Waals surface area contributed by atoms with E-state index in [0.29, 0.717) is 16.8 Å². The van der Waals surface area contributed by atoms with Crippen molar-refractivity contribution in [1.82, 2.24) is 0 Å². The van der Waals surface area contributed by atoms with Crippen LogP contribution in [0.15, 0.2) is 90.0 Å². The molecule has 4 rings (SSSR count). The summed E-state index contributed by atoms with van der Waals surface area (Å²) in [7, 11) is 0. The predicted molar refractivity (Wildman–Crippen MR) is 101 cm³/mol. The number of halogens is 2. The lowest BCUT2D eigenvalue weighted by Gasteiger charge is -2.21. The lowest BCUT2D eigenvalue weighted by molar-refractivity contribution is -0.125. The Morgan fingerprint density at radius 3 is 2.07 bits per heavy atom. The molecule has 1 atom stereocenters. The molecule has 1 aliphatic rings. The molecule has 0 radical (unpaired) electrons. The van der Waals surface area contributed by atoms with Gasteiger partial charge in [0.05, 0.1) is 5.69 Å². The zero-order valence-electron chi connectivity index (χ0n) is 14.3. The smallest absolute Gasteiger partial charge is 0.268 e. The van der Waals surface area contributed by atoms with E-state index in [1.165, 1.54) is 24.3 Å². The highest BCUT2D eigenvalue weighted by Gasteiger charge is 2.52. The molecule has 0 aromatic heterocycles. The second kappa shape index (κ2) is 6.76. The first-order chi connectivity index (χ1) is 13.1. The maximum atomic E-state index is 16.2. The van der Waals surface area contributed by atoms with Crippen molar-refractivity contribution in [2.45, 2.75) is 12.1 Å². The second-order valence-electron chi connectivity index (χ2n) is 6.37. The van der Waals surface area contributed by atoms with Gasteiger partial charge in [-0.05, 0) is 29.8 Å². The SMILES string of the molecule is O=C1N(c2ccccc2)N=C(c2ccccc2)C1(F)Cc1ccc(F)cc1. The fourth-order valence-corrected chi connectivity index (χ4v) is 3.16. The predicted octanol–water partition coefficient (Wildman–Crippen LogP) is 4.53. The number of benzene rings is 3. The van der Waals surface area contributed by atoms with E-state index < -0.39 is 17.4 Å². The van der Waals surface area contributed by atoms with Gasteiger partial charge >= 0.3 is 0 Å². The van der Waals surface area contributed by atoms with Gasteiger partial charge in [0.25, 0.3) is 5.91 Å². The molecule has 0 aliphatic carbocycles. The average molecular weight is 362 g/mol. The minimum atomic E-state index is -2.34. The van der Waals surface area contributed by atoms with E-state index >= 15 is 4.39 Å². The Balaban J connectivity index is 1.79. The highest BCUT2D eigenvalue weighted by Crippen LogP contribution is 2.34. The van der Waals surface area contributed by atoms with E-state index in [0.717, 1.165) is 5.01 Å². The summed E-state index contributed by atoms with van der Waals surface area (Å²) in [5.74, 6) is -1.16. The topological polar surface area (TPSA) is 32.7 Å². The molecule has 3 aromatic carbocycles. The number of hydrogen-bond acceptors (Lipinski definition) is 2. The van der Waals surface area contributed by atoms with Crippen LogP contribution in [0.25, 0.3) is 0 Å². The van der Waals surface area contributed by atoms with Gasteiger partial charge < -0.3 is 0 Å². The molecule has 134 valence electrons. The number of anilines is 1. The van der Waals surface area contributed by atoms with Crippen LogP contribution in [-0.4, -0.2) is 17.3 Å². The zero-order chi connectivity index (χ0) is 18.9. The van der Waals surface area contributed by atoms with Crippen molar-refractivity contribution >= 4 is 17.3 Å². The number of alkyl halides is 1. The van der Waals surface area contributed by atoms with Crippen LogP contribution < -0.4 is 5.01 Å². The van der Waals surface area contributed by atoms with Crippen LogP contribution >= 0.6 is 0 Å². The molecule has 0 spiro atoms. The molecule has 1 aliphatic heterocycles. The molecule has 27 heavy (non-hydrogen) atoms. The monoisotopic (exact) mass is 362 g/mol. The summed E-state index contributed by atoms with van der Waals surface area (Å²) in [5.41, 5.74) is -0.731. The molecule has 0 saturated heterocycles. The van der Waals surface area contributed by atoms with Crippen LogP contribution in [0.3, 0.4) is 0 Å². The van der Waals surface area contributed by atoms with Gasteiger partial charge in [0.2, 0.25) is 5.67 Å². The number of para-hydroxylation sites is 1. The van der Waals surface area contributed by atoms with Crippen molar-refractivity contribution in [1.29, 1.82) is 0 Å². The van der Waals surface area contributed by atoms with Crippen molar-refractivity contribution in [3.05, 3.63) is 102 Å². The van der Waals surface area contributed by atoms with Gasteiger partial charge in [0, 0.05) is 12.0 Å². The molecule has 5 heteroatoms. The Morgan fingerprint density at radius 2 is 1.44 bits per heavy atom. The third kappa shape index (κ3) is 3.12. The van der Waals surface area contributed by atoms with E-state index in [1.54, 1.807) is 48.5 Å². The maximum absolute atomic E-state index is 16.2. The Kier molecular flexibility index (Phi) is 4.28. The quantitative estimate of drug-likeness (QED) is 0.671. The largest absolute Gasteiger partial charge is 0.291 e. The highest BCUT2D eigenvalue weighted by atomic mass is 19.1. The molecule has 3 nitrogen and oxygen atoms in total. The Morgan fingerprint density at radius 1 is 0.852 bits per heavy atom. The number of amides is 1. The summed E-state index contributed by atoms with van der Waals surface area (Å²) < 4.78 is 29.4. The second-order valence-corrected chi connectivity index (χ2v) is 6.37. The summed E-state index contributed by atoms with van der Waals surface area (Å²) in [4.78, 5) is 13.0. The van der Waals surface area contributed by atoms with Gasteiger partial charge in [-0.3, -0.25) is 4.79 Å². The summed E-state index contributed by atoms with van der Waals surface area (Å²) in [6.45, 7) is 0. The van der Waals surface area contributed by atoms with Gasteiger partial charge in [0.15, 0.2) is 0 Å². The average Bonchev–Trinajstić information content (AvgIpc) is 2.96. The summed E-state index contributed by atoms with van der Waals surface area (Å²) >= 11 is 0. The van der Waals surface area contributed by atoms with Gasteiger partial charge in [-0.1, -0.05) is 60.7 Å². The number of rotatable bonds is 4. The third-order valence-corrected chi connectivity index (χ3v) is 4.52. The number of carbonyl (C=O) groups excluding carboxylic acids is 1. The Bertz CT molecular complexity index is 988. The van der Waals surface area contributed by atoms with Gasteiger partial charge in [0.1, 0.15) is 11.5 Å². The summed E-state index contributed by atoms with van der Waals surface area (Å²) in [5, 5.41) is 5.43. The molecule has 0 bridgehead atoms. The first-order valence-electron chi connectivity index (χ1n) is 8.55. The number of hydrazone groups is 1. The van der Waals surface area contributed by atoms with Gasteiger partial charge in [-0.2, -0.15) is 10.1 Å². The maximum Gasteiger partial charge on any atom is 0.291 e. The highest BCUT2D eigenvalue weighted by molar-refractivity contribution is 6.27. The number of carbonyl (C=O) groups is 1. The third-order valence-electron chi connectivity index (χ3n) is 4.52. The summed E-state index contributed by atoms with van der Waals surface area (Å²) in [6, 6.07) is 23.0.